The van der Waals surface area contributed by atoms with Gasteiger partial charge in [0.25, 0.3) is 0 Å². The lowest BCUT2D eigenvalue weighted by Crippen LogP contribution is -2.47. The first-order valence-electron chi connectivity index (χ1n) is 9.96. The lowest BCUT2D eigenvalue weighted by atomic mass is 10.0. The molecule has 0 bridgehead atoms. The second-order valence-corrected chi connectivity index (χ2v) is 8.28. The van der Waals surface area contributed by atoms with E-state index >= 15 is 0 Å². The van der Waals surface area contributed by atoms with Gasteiger partial charge in [-0.2, -0.15) is 0 Å². The summed E-state index contributed by atoms with van der Waals surface area (Å²) >= 11 is 0. The van der Waals surface area contributed by atoms with Crippen LogP contribution < -0.4 is 0 Å². The molecule has 138 valence electrons. The van der Waals surface area contributed by atoms with Crippen molar-refractivity contribution >= 4 is 16.8 Å². The van der Waals surface area contributed by atoms with Crippen LogP contribution in [0, 0.1) is 11.8 Å². The Bertz CT molecular complexity index is 784. The molecule has 1 aromatic heterocycles. The zero-order chi connectivity index (χ0) is 18.1. The maximum atomic E-state index is 12.7. The molecule has 2 aliphatic rings. The number of rotatable bonds is 5. The standard InChI is InChI=1S/C22H29N3O/c1-16(2)21-15-24(12-11-22(26)25(21)13-17-7-8-17)14-19-10-9-18-5-3-4-6-20(18)23-19/h3-6,9-10,16-17,21H,7-8,11-15H2,1-2H3. The molecule has 1 aliphatic carbocycles. The van der Waals surface area contributed by atoms with Gasteiger partial charge in [0.05, 0.1) is 11.2 Å². The summed E-state index contributed by atoms with van der Waals surface area (Å²) in [6.07, 6.45) is 3.21. The minimum Gasteiger partial charge on any atom is -0.338 e. The lowest BCUT2D eigenvalue weighted by Gasteiger charge is -2.34. The van der Waals surface area contributed by atoms with Crippen molar-refractivity contribution in [2.45, 2.75) is 45.7 Å². The van der Waals surface area contributed by atoms with E-state index in [0.717, 1.165) is 43.3 Å². The van der Waals surface area contributed by atoms with E-state index < -0.39 is 0 Å². The third-order valence-electron chi connectivity index (χ3n) is 5.77. The van der Waals surface area contributed by atoms with Crippen LogP contribution in [0.15, 0.2) is 36.4 Å². The first-order valence-corrected chi connectivity index (χ1v) is 9.96. The molecule has 2 fully saturated rings. The summed E-state index contributed by atoms with van der Waals surface area (Å²) in [4.78, 5) is 22.2. The van der Waals surface area contributed by atoms with Gasteiger partial charge in [0, 0.05) is 44.0 Å². The topological polar surface area (TPSA) is 36.4 Å². The van der Waals surface area contributed by atoms with E-state index in [9.17, 15) is 4.79 Å². The second kappa shape index (κ2) is 7.36. The van der Waals surface area contributed by atoms with Crippen LogP contribution >= 0.6 is 0 Å². The Balaban J connectivity index is 1.51. The third kappa shape index (κ3) is 3.90. The number of benzene rings is 1. The van der Waals surface area contributed by atoms with Gasteiger partial charge in [-0.05, 0) is 36.8 Å². The van der Waals surface area contributed by atoms with Gasteiger partial charge in [-0.1, -0.05) is 38.1 Å². The second-order valence-electron chi connectivity index (χ2n) is 8.28. The number of hydrogen-bond acceptors (Lipinski definition) is 3. The fourth-order valence-electron chi connectivity index (χ4n) is 3.99. The predicted molar refractivity (Wildman–Crippen MR) is 105 cm³/mol. The van der Waals surface area contributed by atoms with Crippen molar-refractivity contribution in [3.05, 3.63) is 42.1 Å². The maximum absolute atomic E-state index is 12.7. The molecule has 1 atom stereocenters. The van der Waals surface area contributed by atoms with Crippen molar-refractivity contribution in [3.63, 3.8) is 0 Å². The van der Waals surface area contributed by atoms with Crippen molar-refractivity contribution in [1.82, 2.24) is 14.8 Å². The quantitative estimate of drug-likeness (QED) is 0.824. The molecule has 0 N–H and O–H groups in total. The molecule has 4 rings (SSSR count). The molecular formula is C22H29N3O. The van der Waals surface area contributed by atoms with E-state index in [2.05, 4.69) is 47.9 Å². The van der Waals surface area contributed by atoms with Gasteiger partial charge < -0.3 is 4.90 Å². The minimum absolute atomic E-state index is 0.311. The molecule has 0 spiro atoms. The van der Waals surface area contributed by atoms with E-state index in [4.69, 9.17) is 4.98 Å². The number of pyridine rings is 1. The van der Waals surface area contributed by atoms with Gasteiger partial charge in [0.2, 0.25) is 5.91 Å². The molecule has 1 amide bonds. The number of amides is 1. The summed E-state index contributed by atoms with van der Waals surface area (Å²) in [6.45, 7) is 8.05. The summed E-state index contributed by atoms with van der Waals surface area (Å²) in [5, 5.41) is 1.18. The van der Waals surface area contributed by atoms with Crippen LogP contribution in [0.3, 0.4) is 0 Å². The first-order chi connectivity index (χ1) is 12.6. The van der Waals surface area contributed by atoms with Gasteiger partial charge >= 0.3 is 0 Å². The Labute approximate surface area is 156 Å². The molecule has 1 saturated heterocycles. The molecule has 4 heteroatoms. The number of carbonyl (C=O) groups excluding carboxylic acids is 1. The van der Waals surface area contributed by atoms with E-state index in [1.807, 2.05) is 12.1 Å². The number of aromatic nitrogens is 1. The van der Waals surface area contributed by atoms with Crippen molar-refractivity contribution in [3.8, 4) is 0 Å². The number of hydrogen-bond donors (Lipinski definition) is 0. The fraction of sp³-hybridized carbons (Fsp3) is 0.545. The van der Waals surface area contributed by atoms with E-state index in [1.165, 1.54) is 18.2 Å². The van der Waals surface area contributed by atoms with E-state index in [1.54, 1.807) is 0 Å². The number of fused-ring (bicyclic) bond motifs is 1. The SMILES string of the molecule is CC(C)C1CN(Cc2ccc3ccccc3n2)CCC(=O)N1CC1CC1. The van der Waals surface area contributed by atoms with Gasteiger partial charge in [-0.25, -0.2) is 0 Å². The van der Waals surface area contributed by atoms with Crippen molar-refractivity contribution in [2.75, 3.05) is 19.6 Å². The Hall–Kier alpha value is -1.94. The average molecular weight is 351 g/mol. The summed E-state index contributed by atoms with van der Waals surface area (Å²) in [5.41, 5.74) is 2.14. The van der Waals surface area contributed by atoms with E-state index in [0.29, 0.717) is 24.3 Å². The highest BCUT2D eigenvalue weighted by molar-refractivity contribution is 5.78. The fourth-order valence-corrected chi connectivity index (χ4v) is 3.99. The number of para-hydroxylation sites is 1. The van der Waals surface area contributed by atoms with Crippen LogP contribution in [0.4, 0.5) is 0 Å². The summed E-state index contributed by atoms with van der Waals surface area (Å²) in [7, 11) is 0. The highest BCUT2D eigenvalue weighted by atomic mass is 16.2. The molecule has 1 aliphatic heterocycles. The monoisotopic (exact) mass is 351 g/mol. The third-order valence-corrected chi connectivity index (χ3v) is 5.77. The van der Waals surface area contributed by atoms with Crippen LogP contribution in [-0.2, 0) is 11.3 Å². The molecular weight excluding hydrogens is 322 g/mol. The minimum atomic E-state index is 0.311. The largest absolute Gasteiger partial charge is 0.338 e. The van der Waals surface area contributed by atoms with Crippen molar-refractivity contribution in [2.24, 2.45) is 11.8 Å². The van der Waals surface area contributed by atoms with Crippen molar-refractivity contribution < 1.29 is 4.79 Å². The molecule has 0 radical (unpaired) electrons. The molecule has 1 saturated carbocycles. The van der Waals surface area contributed by atoms with Gasteiger partial charge in [0.15, 0.2) is 0 Å². The number of carbonyl (C=O) groups is 1. The van der Waals surface area contributed by atoms with Gasteiger partial charge in [0.1, 0.15) is 0 Å². The van der Waals surface area contributed by atoms with Gasteiger partial charge in [-0.3, -0.25) is 14.7 Å². The first kappa shape index (κ1) is 17.5. The predicted octanol–water partition coefficient (Wildman–Crippen LogP) is 3.70. The molecule has 1 aromatic carbocycles. The number of nitrogens with zero attached hydrogens (tertiary/aromatic N) is 3. The van der Waals surface area contributed by atoms with Crippen LogP contribution in [0.1, 0.15) is 38.8 Å². The molecule has 2 heterocycles. The Morgan fingerprint density at radius 3 is 2.73 bits per heavy atom. The Kier molecular flexibility index (Phi) is 4.94. The van der Waals surface area contributed by atoms with Crippen LogP contribution in [0.2, 0.25) is 0 Å². The summed E-state index contributed by atoms with van der Waals surface area (Å²) < 4.78 is 0. The Morgan fingerprint density at radius 1 is 1.15 bits per heavy atom. The Morgan fingerprint density at radius 2 is 1.96 bits per heavy atom. The summed E-state index contributed by atoms with van der Waals surface area (Å²) in [5.74, 6) is 1.56. The highest BCUT2D eigenvalue weighted by Crippen LogP contribution is 2.32. The molecule has 4 nitrogen and oxygen atoms in total. The smallest absolute Gasteiger partial charge is 0.224 e. The molecule has 1 unspecified atom stereocenters. The molecule has 2 aromatic rings. The van der Waals surface area contributed by atoms with E-state index in [-0.39, 0.29) is 0 Å². The molecule has 26 heavy (non-hydrogen) atoms. The van der Waals surface area contributed by atoms with Crippen LogP contribution in [-0.4, -0.2) is 46.4 Å². The summed E-state index contributed by atoms with van der Waals surface area (Å²) in [6, 6.07) is 12.8. The maximum Gasteiger partial charge on any atom is 0.224 e. The van der Waals surface area contributed by atoms with Crippen molar-refractivity contribution in [1.29, 1.82) is 0 Å². The highest BCUT2D eigenvalue weighted by Gasteiger charge is 2.35. The van der Waals surface area contributed by atoms with Crippen LogP contribution in [0.5, 0.6) is 0 Å². The average Bonchev–Trinajstić information content (AvgIpc) is 3.46. The zero-order valence-corrected chi connectivity index (χ0v) is 15.9. The lowest BCUT2D eigenvalue weighted by molar-refractivity contribution is -0.133. The van der Waals surface area contributed by atoms with Crippen LogP contribution in [0.25, 0.3) is 10.9 Å². The van der Waals surface area contributed by atoms with Gasteiger partial charge in [-0.15, -0.1) is 0 Å². The zero-order valence-electron chi connectivity index (χ0n) is 15.9. The normalized spacial score (nSPS) is 22.2.